The summed E-state index contributed by atoms with van der Waals surface area (Å²) in [7, 11) is 7.26. The summed E-state index contributed by atoms with van der Waals surface area (Å²) in [6, 6.07) is 88.7. The summed E-state index contributed by atoms with van der Waals surface area (Å²) < 4.78 is 12.2. The summed E-state index contributed by atoms with van der Waals surface area (Å²) in [6.45, 7) is 15.8. The van der Waals surface area contributed by atoms with Crippen LogP contribution in [0, 0.1) is 27.7 Å². The van der Waals surface area contributed by atoms with Gasteiger partial charge in [0.05, 0.1) is 91.3 Å². The molecular weight excluding hydrogens is 1740 g/mol. The van der Waals surface area contributed by atoms with E-state index in [4.69, 9.17) is 16.3 Å². The van der Waals surface area contributed by atoms with E-state index < -0.39 is 0 Å². The van der Waals surface area contributed by atoms with Crippen molar-refractivity contribution in [2.24, 2.45) is 0 Å². The topological polar surface area (TPSA) is 315 Å². The first-order valence-corrected chi connectivity index (χ1v) is 45.5. The van der Waals surface area contributed by atoms with Crippen LogP contribution >= 0.6 is 11.6 Å². The molecule has 0 aliphatic rings. The lowest BCUT2D eigenvalue weighted by atomic mass is 9.99. The molecule has 0 amide bonds. The van der Waals surface area contributed by atoms with Crippen LogP contribution in [-0.4, -0.2) is 106 Å². The maximum atomic E-state index is 14.3. The van der Waals surface area contributed by atoms with Crippen LogP contribution < -0.4 is 58.5 Å². The normalized spacial score (nSPS) is 12.1. The molecule has 0 aliphatic heterocycles. The van der Waals surface area contributed by atoms with Gasteiger partial charge in [0.15, 0.2) is 11.6 Å². The predicted octanol–water partition coefficient (Wildman–Crippen LogP) is 21.7. The minimum absolute atomic E-state index is 0.0569. The van der Waals surface area contributed by atoms with Gasteiger partial charge < -0.3 is 36.2 Å². The molecule has 0 spiro atoms. The van der Waals surface area contributed by atoms with Crippen LogP contribution in [-0.2, 0) is 0 Å². The average molecular weight is 1840 g/mol. The minimum atomic E-state index is -0.236. The van der Waals surface area contributed by atoms with Crippen molar-refractivity contribution in [2.45, 2.75) is 79.6 Å². The van der Waals surface area contributed by atoms with Crippen molar-refractivity contribution in [1.29, 1.82) is 0 Å². The van der Waals surface area contributed by atoms with E-state index >= 15 is 0 Å². The van der Waals surface area contributed by atoms with Crippen LogP contribution in [0.1, 0.15) is 97.7 Å². The zero-order valence-corrected chi connectivity index (χ0v) is 78.6. The minimum Gasteiger partial charge on any atom is -0.467 e. The lowest BCUT2D eigenvalue weighted by Crippen LogP contribution is -2.27. The van der Waals surface area contributed by atoms with Crippen LogP contribution in [0.25, 0.3) is 121 Å². The Kier molecular flexibility index (Phi) is 26.3. The molecule has 4 atom stereocenters. The van der Waals surface area contributed by atoms with Crippen molar-refractivity contribution in [3.63, 3.8) is 0 Å². The summed E-state index contributed by atoms with van der Waals surface area (Å²) in [5.74, 6) is 2.60. The third-order valence-corrected chi connectivity index (χ3v) is 24.2. The molecule has 684 valence electrons. The van der Waals surface area contributed by atoms with Crippen LogP contribution in [0.5, 0.6) is 6.01 Å². The van der Waals surface area contributed by atoms with Gasteiger partial charge in [0.2, 0.25) is 0 Å². The number of benzene rings is 8. The zero-order valence-electron chi connectivity index (χ0n) is 77.9. The van der Waals surface area contributed by atoms with E-state index in [1.165, 1.54) is 7.11 Å². The number of methoxy groups -OCH3 is 1. The van der Waals surface area contributed by atoms with Gasteiger partial charge in [-0.05, 0) is 234 Å². The second kappa shape index (κ2) is 39.8. The number of halogens is 1. The molecule has 5 N–H and O–H groups in total. The molecule has 0 radical (unpaired) electrons. The summed E-state index contributed by atoms with van der Waals surface area (Å²) in [4.78, 5) is 112. The first-order valence-electron chi connectivity index (χ1n) is 45.1. The summed E-state index contributed by atoms with van der Waals surface area (Å²) in [6.07, 6.45) is 10.3. The molecule has 27 nitrogen and oxygen atoms in total. The highest BCUT2D eigenvalue weighted by Gasteiger charge is 2.27. The zero-order chi connectivity index (χ0) is 95.9. The van der Waals surface area contributed by atoms with Gasteiger partial charge in [-0.2, -0.15) is 0 Å². The SMILES string of the molecule is CNc1cccc2cc([C@H](C)Nc3nc(C)nc4cccnc34)n(-c3ccccc3)c(=O)c12.COc1ncc(-c2cccc3cc([C@H](C)Nc4cc(C)nc5cccnc45)n(-c4ccccc4)c(=O)c23)cn1.Cc1cc(N[C@@H](C)c2cc3cccc(Cl)c3c(=O)n2-c2ccccc2)c2ncccc2n1.Cc1nc(N[C@@H](C)c2cc3cccc(N(C)C)c3c(=O)n2-c2ccccc2)c2ncccc2n1. The van der Waals surface area contributed by atoms with E-state index in [0.717, 1.165) is 145 Å². The van der Waals surface area contributed by atoms with Crippen molar-refractivity contribution in [1.82, 2.24) is 78.1 Å². The predicted molar refractivity (Wildman–Crippen MR) is 555 cm³/mol. The fraction of sp³-hybridized carbons (Fsp3) is 0.145. The lowest BCUT2D eigenvalue weighted by Gasteiger charge is -2.23. The molecule has 8 aromatic carbocycles. The Bertz CT molecular complexity index is 8430. The number of hydrogen-bond donors (Lipinski definition) is 5. The van der Waals surface area contributed by atoms with Crippen molar-refractivity contribution >= 4 is 133 Å². The lowest BCUT2D eigenvalue weighted by molar-refractivity contribution is 0.380. The Morgan fingerprint density at radius 1 is 0.341 bits per heavy atom. The molecule has 28 heteroatoms. The van der Waals surface area contributed by atoms with Gasteiger partial charge in [0.25, 0.3) is 22.2 Å². The highest BCUT2D eigenvalue weighted by molar-refractivity contribution is 6.35. The monoisotopic (exact) mass is 1840 g/mol. The van der Waals surface area contributed by atoms with Crippen LogP contribution in [0.3, 0.4) is 0 Å². The second-order valence-electron chi connectivity index (χ2n) is 33.6. The van der Waals surface area contributed by atoms with Gasteiger partial charge in [-0.25, -0.2) is 29.9 Å². The molecule has 0 saturated heterocycles. The van der Waals surface area contributed by atoms with Crippen molar-refractivity contribution < 1.29 is 4.74 Å². The molecule has 13 aromatic heterocycles. The molecule has 13 heterocycles. The maximum absolute atomic E-state index is 14.3. The van der Waals surface area contributed by atoms with Crippen LogP contribution in [0.2, 0.25) is 5.02 Å². The highest BCUT2D eigenvalue weighted by atomic mass is 35.5. The summed E-state index contributed by atoms with van der Waals surface area (Å²) in [5.41, 5.74) is 19.0. The summed E-state index contributed by atoms with van der Waals surface area (Å²) in [5, 5.41) is 23.6. The Labute approximate surface area is 798 Å². The Morgan fingerprint density at radius 2 is 0.688 bits per heavy atom. The van der Waals surface area contributed by atoms with E-state index in [1.807, 2.05) is 336 Å². The van der Waals surface area contributed by atoms with Gasteiger partial charge in [0.1, 0.15) is 33.7 Å². The smallest absolute Gasteiger partial charge is 0.316 e. The van der Waals surface area contributed by atoms with Crippen LogP contribution in [0.4, 0.5) is 34.4 Å². The van der Waals surface area contributed by atoms with Crippen molar-refractivity contribution in [3.05, 3.63) is 408 Å². The second-order valence-corrected chi connectivity index (χ2v) is 34.0. The molecule has 0 unspecified atom stereocenters. The van der Waals surface area contributed by atoms with Gasteiger partial charge >= 0.3 is 6.01 Å². The summed E-state index contributed by atoms with van der Waals surface area (Å²) >= 11 is 6.42. The quantitative estimate of drug-likeness (QED) is 0.0473. The largest absolute Gasteiger partial charge is 0.467 e. The van der Waals surface area contributed by atoms with E-state index in [-0.39, 0.29) is 52.4 Å². The van der Waals surface area contributed by atoms with Gasteiger partial charge in [-0.1, -0.05) is 139 Å². The first kappa shape index (κ1) is 91.2. The number of ether oxygens (including phenoxy) is 1. The molecule has 0 aliphatic carbocycles. The number of pyridine rings is 10. The fourth-order valence-corrected chi connectivity index (χ4v) is 17.9. The fourth-order valence-electron chi connectivity index (χ4n) is 17.6. The number of rotatable bonds is 20. The highest BCUT2D eigenvalue weighted by Crippen LogP contribution is 2.37. The Hall–Kier alpha value is -17.3. The van der Waals surface area contributed by atoms with E-state index in [2.05, 4.69) is 105 Å². The van der Waals surface area contributed by atoms with E-state index in [0.29, 0.717) is 60.9 Å². The third kappa shape index (κ3) is 18.7. The van der Waals surface area contributed by atoms with Gasteiger partial charge in [-0.15, -0.1) is 0 Å². The molecular formula is C110H97ClN22O5. The molecule has 0 bridgehead atoms. The number of nitrogens with zero attached hydrogens (tertiary/aromatic N) is 17. The van der Waals surface area contributed by atoms with Crippen LogP contribution in [0.15, 0.2) is 335 Å². The average Bonchev–Trinajstić information content (AvgIpc) is 0.757. The number of aryl methyl sites for hydroxylation is 4. The van der Waals surface area contributed by atoms with Crippen molar-refractivity contribution in [3.8, 4) is 39.9 Å². The third-order valence-electron chi connectivity index (χ3n) is 23.9. The molecule has 21 aromatic rings. The molecule has 21 rings (SSSR count). The molecule has 138 heavy (non-hydrogen) atoms. The molecule has 0 saturated carbocycles. The maximum Gasteiger partial charge on any atom is 0.316 e. The Balaban J connectivity index is 0.000000123. The van der Waals surface area contributed by atoms with Gasteiger partial charge in [0, 0.05) is 132 Å². The van der Waals surface area contributed by atoms with Gasteiger partial charge in [-0.3, -0.25) is 67.4 Å². The Morgan fingerprint density at radius 3 is 1.10 bits per heavy atom. The van der Waals surface area contributed by atoms with E-state index in [9.17, 15) is 19.2 Å². The number of nitrogens with one attached hydrogen (secondary N) is 5. The van der Waals surface area contributed by atoms with E-state index in [1.54, 1.807) is 61.5 Å². The first-order chi connectivity index (χ1) is 67.1. The van der Waals surface area contributed by atoms with Crippen molar-refractivity contribution in [2.75, 3.05) is 59.7 Å². The molecule has 0 fully saturated rings. The number of anilines is 6. The number of para-hydroxylation sites is 4. The number of aromatic nitrogens is 16. The standard InChI is InChI=1S/C31H26N6O2.C27H26N6O.C26H21ClN4O.C26H24N6O/c1-19-15-26(29-25(35-19)13-8-14-32-29)36-20(2)27-16-21-9-7-12-24(22-17-33-31(39-3)34-18-22)28(21)30(38)37(27)23-10-5-4-6-11-23;1-17(29-26-25-21(13-9-15-28-25)30-18(2)31-26)23-16-19-10-8-14-22(32(3)4)24(19)27(34)33(23)20-11-6-5-7-12-20;1-16-14-22(25-21(29-16)12-7-13-28-25)30-17(2)23-15-18-8-6-11-20(27)24(18)26(32)31(23)19-9-4-3-5-10-19;1-16(29-25-24-21(13-8-14-28-24)30-17(2)31-25)22-15-18-9-7-12-20(27-3)23(18)26(33)32(22)19-10-5-4-6-11-19/h4-18,20H,1-3H3,(H,35,36);5-17H,1-4H3,(H,29,30,31);3-15,17H,1-2H3,(H,29,30);4-16,27H,1-3H3,(H,29,30,31)/t20-;2*17-;16-/m0000/s1. The number of fused-ring (bicyclic) bond motifs is 8. The number of hydrogen-bond acceptors (Lipinski definition) is 23.